The van der Waals surface area contributed by atoms with Crippen molar-refractivity contribution in [1.82, 2.24) is 0 Å². The third-order valence-electron chi connectivity index (χ3n) is 6.15. The highest BCUT2D eigenvalue weighted by Crippen LogP contribution is 2.56. The number of benzene rings is 1. The monoisotopic (exact) mass is 408 g/mol. The summed E-state index contributed by atoms with van der Waals surface area (Å²) >= 11 is 0. The van der Waals surface area contributed by atoms with Crippen molar-refractivity contribution >= 4 is 5.97 Å². The number of carbonyl (C=O) groups is 1. The molecule has 1 aliphatic heterocycles. The maximum Gasteiger partial charge on any atom is 0.332 e. The molecule has 6 heteroatoms. The molecular formula is C23H33FO5. The van der Waals surface area contributed by atoms with Crippen molar-refractivity contribution in [2.75, 3.05) is 26.4 Å². The number of hydrogen-bond donors (Lipinski definition) is 1. The molecule has 1 saturated heterocycles. The van der Waals surface area contributed by atoms with Gasteiger partial charge in [-0.15, -0.1) is 0 Å². The molecule has 2 bridgehead atoms. The van der Waals surface area contributed by atoms with Crippen LogP contribution in [0.25, 0.3) is 0 Å². The predicted molar refractivity (Wildman–Crippen MR) is 107 cm³/mol. The van der Waals surface area contributed by atoms with E-state index in [-0.39, 0.29) is 42.4 Å². The first-order chi connectivity index (χ1) is 13.7. The highest BCUT2D eigenvalue weighted by molar-refractivity contribution is 5.71. The molecule has 4 atom stereocenters. The fourth-order valence-corrected chi connectivity index (χ4v) is 4.96. The molecule has 162 valence electrons. The molecule has 1 aliphatic carbocycles. The van der Waals surface area contributed by atoms with Gasteiger partial charge in [0.25, 0.3) is 0 Å². The lowest BCUT2D eigenvalue weighted by Crippen LogP contribution is -2.41. The molecule has 1 aromatic carbocycles. The van der Waals surface area contributed by atoms with Crippen molar-refractivity contribution in [1.29, 1.82) is 0 Å². The number of halogens is 1. The van der Waals surface area contributed by atoms with Gasteiger partial charge in [0.05, 0.1) is 12.7 Å². The lowest BCUT2D eigenvalue weighted by Gasteiger charge is -2.39. The number of aliphatic hydroxyl groups excluding tert-OH is 1. The van der Waals surface area contributed by atoms with Gasteiger partial charge in [-0.1, -0.05) is 18.6 Å². The molecule has 0 unspecified atom stereocenters. The van der Waals surface area contributed by atoms with Crippen LogP contribution >= 0.6 is 0 Å². The van der Waals surface area contributed by atoms with E-state index in [1.165, 1.54) is 12.1 Å². The summed E-state index contributed by atoms with van der Waals surface area (Å²) in [4.78, 5) is 11.7. The molecular weight excluding hydrogens is 375 g/mol. The van der Waals surface area contributed by atoms with Gasteiger partial charge in [-0.05, 0) is 63.6 Å². The third kappa shape index (κ3) is 5.16. The van der Waals surface area contributed by atoms with Gasteiger partial charge in [0, 0.05) is 24.5 Å². The Balaban J connectivity index is 1.51. The van der Waals surface area contributed by atoms with Gasteiger partial charge >= 0.3 is 5.97 Å². The highest BCUT2D eigenvalue weighted by atomic mass is 19.1. The summed E-state index contributed by atoms with van der Waals surface area (Å²) in [7, 11) is 0. The van der Waals surface area contributed by atoms with Crippen LogP contribution < -0.4 is 0 Å². The summed E-state index contributed by atoms with van der Waals surface area (Å²) in [6.45, 7) is 6.69. The first kappa shape index (κ1) is 22.2. The van der Waals surface area contributed by atoms with E-state index in [0.29, 0.717) is 19.1 Å². The Labute approximate surface area is 172 Å². The smallest absolute Gasteiger partial charge is 0.332 e. The van der Waals surface area contributed by atoms with E-state index in [4.69, 9.17) is 14.2 Å². The topological polar surface area (TPSA) is 65.0 Å². The van der Waals surface area contributed by atoms with Crippen LogP contribution in [0.4, 0.5) is 4.39 Å². The average Bonchev–Trinajstić information content (AvgIpc) is 3.21. The van der Waals surface area contributed by atoms with Crippen LogP contribution in [0.5, 0.6) is 0 Å². The Kier molecular flexibility index (Phi) is 6.97. The quantitative estimate of drug-likeness (QED) is 0.499. The van der Waals surface area contributed by atoms with E-state index >= 15 is 0 Å². The van der Waals surface area contributed by atoms with Gasteiger partial charge in [-0.25, -0.2) is 9.18 Å². The lowest BCUT2D eigenvalue weighted by molar-refractivity contribution is -0.160. The van der Waals surface area contributed by atoms with Gasteiger partial charge in [-0.3, -0.25) is 0 Å². The molecule has 1 N–H and O–H groups in total. The van der Waals surface area contributed by atoms with Crippen molar-refractivity contribution in [2.45, 2.75) is 63.6 Å². The lowest BCUT2D eigenvalue weighted by atomic mass is 9.69. The number of fused-ring (bicyclic) bond motifs is 2. The van der Waals surface area contributed by atoms with Crippen LogP contribution in [-0.4, -0.2) is 49.2 Å². The standard InChI is InChI=1S/C23H33FO5/c1-22(2,3)29-21(26)14-27-11-5-4-6-19-18(13-25)20-12-23(19,15-28-20)16-7-9-17(24)10-8-16/h7-10,18-20,25H,4-6,11-15H2,1-3H3/t18-,19-,20-,23-/m0/s1. The summed E-state index contributed by atoms with van der Waals surface area (Å²) in [6.07, 6.45) is 3.66. The van der Waals surface area contributed by atoms with Crippen LogP contribution in [0, 0.1) is 17.7 Å². The van der Waals surface area contributed by atoms with Crippen molar-refractivity contribution in [3.05, 3.63) is 35.6 Å². The number of rotatable bonds is 9. The van der Waals surface area contributed by atoms with Crippen LogP contribution in [0.1, 0.15) is 52.0 Å². The van der Waals surface area contributed by atoms with Gasteiger partial charge in [0.2, 0.25) is 0 Å². The summed E-state index contributed by atoms with van der Waals surface area (Å²) in [5.74, 6) is -0.187. The second kappa shape index (κ2) is 9.11. The average molecular weight is 409 g/mol. The van der Waals surface area contributed by atoms with Crippen molar-refractivity contribution < 1.29 is 28.5 Å². The largest absolute Gasteiger partial charge is 0.458 e. The van der Waals surface area contributed by atoms with Crippen molar-refractivity contribution in [3.63, 3.8) is 0 Å². The maximum atomic E-state index is 13.4. The zero-order valence-corrected chi connectivity index (χ0v) is 17.7. The number of aliphatic hydroxyl groups is 1. The fourth-order valence-electron chi connectivity index (χ4n) is 4.96. The minimum absolute atomic E-state index is 0.0323. The second-order valence-corrected chi connectivity index (χ2v) is 9.30. The molecule has 0 amide bonds. The van der Waals surface area contributed by atoms with Crippen LogP contribution in [0.2, 0.25) is 0 Å². The molecule has 0 aromatic heterocycles. The minimum Gasteiger partial charge on any atom is -0.458 e. The molecule has 29 heavy (non-hydrogen) atoms. The molecule has 1 saturated carbocycles. The Morgan fingerprint density at radius 2 is 2.00 bits per heavy atom. The Bertz CT molecular complexity index is 684. The summed E-state index contributed by atoms with van der Waals surface area (Å²) in [5.41, 5.74) is 0.449. The number of hydrogen-bond acceptors (Lipinski definition) is 5. The fraction of sp³-hybridized carbons (Fsp3) is 0.696. The van der Waals surface area contributed by atoms with E-state index in [2.05, 4.69) is 0 Å². The number of esters is 1. The van der Waals surface area contributed by atoms with Crippen LogP contribution in [-0.2, 0) is 24.4 Å². The number of carbonyl (C=O) groups excluding carboxylic acids is 1. The van der Waals surface area contributed by atoms with E-state index in [9.17, 15) is 14.3 Å². The molecule has 1 heterocycles. The first-order valence-corrected chi connectivity index (χ1v) is 10.5. The number of ether oxygens (including phenoxy) is 3. The molecule has 5 nitrogen and oxygen atoms in total. The van der Waals surface area contributed by atoms with Gasteiger partial charge in [0.1, 0.15) is 18.0 Å². The number of unbranched alkanes of at least 4 members (excludes halogenated alkanes) is 1. The molecule has 0 spiro atoms. The zero-order valence-electron chi connectivity index (χ0n) is 17.7. The Morgan fingerprint density at radius 3 is 2.66 bits per heavy atom. The Hall–Kier alpha value is -1.50. The van der Waals surface area contributed by atoms with Gasteiger partial charge in [0.15, 0.2) is 0 Å². The van der Waals surface area contributed by atoms with E-state index < -0.39 is 5.60 Å². The van der Waals surface area contributed by atoms with Gasteiger partial charge < -0.3 is 19.3 Å². The minimum atomic E-state index is -0.502. The first-order valence-electron chi connectivity index (χ1n) is 10.5. The highest BCUT2D eigenvalue weighted by Gasteiger charge is 2.58. The SMILES string of the molecule is CC(C)(C)OC(=O)COCCCC[C@H]1[C@H](CO)[C@@H]2C[C@@]1(c1ccc(F)cc1)CO2. The summed E-state index contributed by atoms with van der Waals surface area (Å²) < 4.78 is 30.0. The zero-order chi connectivity index (χ0) is 21.1. The second-order valence-electron chi connectivity index (χ2n) is 9.30. The molecule has 1 aromatic rings. The molecule has 3 rings (SSSR count). The third-order valence-corrected chi connectivity index (χ3v) is 6.15. The maximum absolute atomic E-state index is 13.4. The molecule has 2 aliphatic rings. The van der Waals surface area contributed by atoms with Crippen LogP contribution in [0.3, 0.4) is 0 Å². The molecule has 2 fully saturated rings. The van der Waals surface area contributed by atoms with E-state index in [1.807, 2.05) is 32.9 Å². The normalized spacial score (nSPS) is 28.7. The molecule has 0 radical (unpaired) electrons. The van der Waals surface area contributed by atoms with E-state index in [1.54, 1.807) is 0 Å². The van der Waals surface area contributed by atoms with Crippen molar-refractivity contribution in [3.8, 4) is 0 Å². The van der Waals surface area contributed by atoms with E-state index in [0.717, 1.165) is 31.2 Å². The van der Waals surface area contributed by atoms with Crippen LogP contribution in [0.15, 0.2) is 24.3 Å². The summed E-state index contributed by atoms with van der Waals surface area (Å²) in [6, 6.07) is 6.73. The van der Waals surface area contributed by atoms with Crippen molar-refractivity contribution in [2.24, 2.45) is 11.8 Å². The summed E-state index contributed by atoms with van der Waals surface area (Å²) in [5, 5.41) is 9.94. The predicted octanol–water partition coefficient (Wildman–Crippen LogP) is 3.62. The van der Waals surface area contributed by atoms with Gasteiger partial charge in [-0.2, -0.15) is 0 Å². The Morgan fingerprint density at radius 1 is 1.28 bits per heavy atom.